The Morgan fingerprint density at radius 3 is 2.70 bits per heavy atom. The minimum absolute atomic E-state index is 0.0588. The highest BCUT2D eigenvalue weighted by molar-refractivity contribution is 9.10. The van der Waals surface area contributed by atoms with Gasteiger partial charge in [-0.3, -0.25) is 9.78 Å². The highest BCUT2D eigenvalue weighted by Gasteiger charge is 2.25. The van der Waals surface area contributed by atoms with Crippen LogP contribution in [0.1, 0.15) is 5.69 Å². The van der Waals surface area contributed by atoms with Crippen molar-refractivity contribution in [3.63, 3.8) is 0 Å². The molecule has 1 aromatic carbocycles. The van der Waals surface area contributed by atoms with Gasteiger partial charge in [-0.15, -0.1) is 5.10 Å². The molecule has 0 saturated carbocycles. The van der Waals surface area contributed by atoms with Gasteiger partial charge in [0, 0.05) is 10.7 Å². The topological polar surface area (TPSA) is 54.8 Å². The van der Waals surface area contributed by atoms with Crippen LogP contribution in [0.25, 0.3) is 0 Å². The van der Waals surface area contributed by atoms with Gasteiger partial charge >= 0.3 is 0 Å². The normalized spacial score (nSPS) is 14.8. The number of hydrogen-bond acceptors (Lipinski definition) is 4. The number of carbonyl (C=O) groups excluding carboxylic acids is 1. The van der Waals surface area contributed by atoms with E-state index < -0.39 is 0 Å². The number of halogens is 1. The van der Waals surface area contributed by atoms with Gasteiger partial charge in [-0.05, 0) is 40.2 Å². The number of rotatable bonds is 2. The van der Waals surface area contributed by atoms with Gasteiger partial charge in [0.15, 0.2) is 6.61 Å². The molecule has 0 fully saturated rings. The summed E-state index contributed by atoms with van der Waals surface area (Å²) in [4.78, 5) is 16.1. The first-order valence-electron chi connectivity index (χ1n) is 5.96. The van der Waals surface area contributed by atoms with Crippen molar-refractivity contribution in [2.75, 3.05) is 11.6 Å². The number of ether oxygens (including phenoxy) is 1. The van der Waals surface area contributed by atoms with E-state index in [2.05, 4.69) is 26.0 Å². The zero-order valence-electron chi connectivity index (χ0n) is 10.4. The maximum Gasteiger partial charge on any atom is 0.285 e. The van der Waals surface area contributed by atoms with Crippen LogP contribution in [0.4, 0.5) is 5.69 Å². The lowest BCUT2D eigenvalue weighted by Crippen LogP contribution is -2.37. The number of hydrogen-bond donors (Lipinski definition) is 0. The van der Waals surface area contributed by atoms with Crippen LogP contribution in [-0.4, -0.2) is 23.4 Å². The maximum atomic E-state index is 12.0. The number of benzene rings is 1. The van der Waals surface area contributed by atoms with E-state index >= 15 is 0 Å². The van der Waals surface area contributed by atoms with Crippen LogP contribution in [0.15, 0.2) is 58.2 Å². The molecule has 0 atom stereocenters. The van der Waals surface area contributed by atoms with E-state index in [1.165, 1.54) is 5.01 Å². The Kier molecular flexibility index (Phi) is 3.47. The van der Waals surface area contributed by atoms with Gasteiger partial charge in [-0.25, -0.2) is 0 Å². The van der Waals surface area contributed by atoms with E-state index in [0.29, 0.717) is 17.3 Å². The molecule has 0 bridgehead atoms. The minimum atomic E-state index is -0.225. The number of pyridine rings is 1. The minimum Gasteiger partial charge on any atom is -0.465 e. The Balaban J connectivity index is 2.02. The molecule has 5 nitrogen and oxygen atoms in total. The van der Waals surface area contributed by atoms with Crippen LogP contribution >= 0.6 is 15.9 Å². The lowest BCUT2D eigenvalue weighted by Gasteiger charge is -2.24. The summed E-state index contributed by atoms with van der Waals surface area (Å²) in [5.41, 5.74) is 1.27. The first kappa shape index (κ1) is 12.8. The lowest BCUT2D eigenvalue weighted by atomic mass is 10.3. The van der Waals surface area contributed by atoms with E-state index in [-0.39, 0.29) is 12.5 Å². The van der Waals surface area contributed by atoms with Gasteiger partial charge in [-0.2, -0.15) is 5.01 Å². The Morgan fingerprint density at radius 1 is 1.15 bits per heavy atom. The van der Waals surface area contributed by atoms with E-state index in [0.717, 1.165) is 4.47 Å². The van der Waals surface area contributed by atoms with E-state index in [4.69, 9.17) is 4.74 Å². The fourth-order valence-corrected chi connectivity index (χ4v) is 2.25. The second-order valence-electron chi connectivity index (χ2n) is 4.07. The molecule has 20 heavy (non-hydrogen) atoms. The molecule has 2 heterocycles. The molecule has 0 spiro atoms. The molecule has 0 N–H and O–H groups in total. The molecule has 0 unspecified atom stereocenters. The van der Waals surface area contributed by atoms with Crippen LogP contribution in [0, 0.1) is 0 Å². The highest BCUT2D eigenvalue weighted by Crippen LogP contribution is 2.27. The molecule has 1 aromatic heterocycles. The van der Waals surface area contributed by atoms with Gasteiger partial charge in [0.25, 0.3) is 11.8 Å². The van der Waals surface area contributed by atoms with E-state index in [1.807, 2.05) is 36.4 Å². The van der Waals surface area contributed by atoms with Gasteiger partial charge in [0.2, 0.25) is 0 Å². The van der Waals surface area contributed by atoms with Crippen molar-refractivity contribution in [1.82, 2.24) is 4.98 Å². The first-order chi connectivity index (χ1) is 9.75. The maximum absolute atomic E-state index is 12.0. The van der Waals surface area contributed by atoms with Crippen molar-refractivity contribution >= 4 is 33.4 Å². The predicted octanol–water partition coefficient (Wildman–Crippen LogP) is 2.57. The Morgan fingerprint density at radius 2 is 1.95 bits per heavy atom. The Bertz CT molecular complexity index is 673. The molecule has 100 valence electrons. The average Bonchev–Trinajstić information content (AvgIpc) is 2.49. The molecule has 1 aliphatic rings. The zero-order valence-corrected chi connectivity index (χ0v) is 11.9. The monoisotopic (exact) mass is 331 g/mol. The molecule has 3 rings (SSSR count). The third kappa shape index (κ3) is 2.42. The largest absolute Gasteiger partial charge is 0.465 e. The van der Waals surface area contributed by atoms with Gasteiger partial charge < -0.3 is 4.74 Å². The fraction of sp³-hybridized carbons (Fsp3) is 0.0714. The molecular formula is C14H10BrN3O2. The van der Waals surface area contributed by atoms with Crippen LogP contribution in [0.2, 0.25) is 0 Å². The summed E-state index contributed by atoms with van der Waals surface area (Å²) in [6, 6.07) is 12.8. The molecule has 1 aliphatic heterocycles. The second-order valence-corrected chi connectivity index (χ2v) is 4.92. The summed E-state index contributed by atoms with van der Waals surface area (Å²) in [6.07, 6.45) is 1.65. The van der Waals surface area contributed by atoms with Crippen molar-refractivity contribution in [3.8, 4) is 0 Å². The number of carbonyl (C=O) groups is 1. The van der Waals surface area contributed by atoms with Crippen molar-refractivity contribution in [2.24, 2.45) is 5.10 Å². The number of aromatic nitrogens is 1. The molecule has 6 heteroatoms. The molecule has 1 amide bonds. The second kappa shape index (κ2) is 5.42. The molecule has 0 saturated heterocycles. The van der Waals surface area contributed by atoms with Gasteiger partial charge in [0.05, 0.1) is 5.69 Å². The van der Waals surface area contributed by atoms with Crippen molar-refractivity contribution < 1.29 is 9.53 Å². The van der Waals surface area contributed by atoms with Gasteiger partial charge in [0.1, 0.15) is 5.69 Å². The third-order valence-electron chi connectivity index (χ3n) is 2.72. The smallest absolute Gasteiger partial charge is 0.285 e. The predicted molar refractivity (Wildman–Crippen MR) is 78.4 cm³/mol. The third-order valence-corrected chi connectivity index (χ3v) is 3.39. The summed E-state index contributed by atoms with van der Waals surface area (Å²) in [5.74, 6) is 0.109. The number of para-hydroxylation sites is 1. The SMILES string of the molecule is O=C1COC(c2ccccn2)=NN1c1ccccc1Br. The van der Waals surface area contributed by atoms with E-state index in [1.54, 1.807) is 12.3 Å². The zero-order chi connectivity index (χ0) is 13.9. The lowest BCUT2D eigenvalue weighted by molar-refractivity contribution is -0.121. The van der Waals surface area contributed by atoms with Crippen LogP contribution in [0.5, 0.6) is 0 Å². The molecule has 2 aromatic rings. The summed E-state index contributed by atoms with van der Waals surface area (Å²) >= 11 is 3.42. The van der Waals surface area contributed by atoms with Crippen molar-refractivity contribution in [2.45, 2.75) is 0 Å². The van der Waals surface area contributed by atoms with Crippen molar-refractivity contribution in [1.29, 1.82) is 0 Å². The summed E-state index contributed by atoms with van der Waals surface area (Å²) in [6.45, 7) is -0.0588. The quantitative estimate of drug-likeness (QED) is 0.849. The Labute approximate surface area is 124 Å². The number of hydrazone groups is 1. The summed E-state index contributed by atoms with van der Waals surface area (Å²) < 4.78 is 6.14. The first-order valence-corrected chi connectivity index (χ1v) is 6.75. The highest BCUT2D eigenvalue weighted by atomic mass is 79.9. The fourth-order valence-electron chi connectivity index (χ4n) is 1.79. The van der Waals surface area contributed by atoms with Crippen LogP contribution in [-0.2, 0) is 9.53 Å². The number of anilines is 1. The summed E-state index contributed by atoms with van der Waals surface area (Å²) in [5, 5.41) is 5.58. The van der Waals surface area contributed by atoms with E-state index in [9.17, 15) is 4.79 Å². The average molecular weight is 332 g/mol. The summed E-state index contributed by atoms with van der Waals surface area (Å²) in [7, 11) is 0. The van der Waals surface area contributed by atoms with Crippen LogP contribution in [0.3, 0.4) is 0 Å². The number of amides is 1. The molecule has 0 radical (unpaired) electrons. The molecule has 0 aliphatic carbocycles. The van der Waals surface area contributed by atoms with Crippen molar-refractivity contribution in [3.05, 3.63) is 58.8 Å². The molecular weight excluding hydrogens is 322 g/mol. The van der Waals surface area contributed by atoms with Gasteiger partial charge in [-0.1, -0.05) is 18.2 Å². The number of nitrogens with zero attached hydrogens (tertiary/aromatic N) is 3. The standard InChI is InChI=1S/C14H10BrN3O2/c15-10-5-1-2-7-12(10)18-13(19)9-20-14(17-18)11-6-3-4-8-16-11/h1-8H,9H2. The van der Waals surface area contributed by atoms with Crippen LogP contribution < -0.4 is 5.01 Å². The Hall–Kier alpha value is -2.21.